The van der Waals surface area contributed by atoms with E-state index in [1.807, 2.05) is 39.0 Å². The van der Waals surface area contributed by atoms with E-state index in [-0.39, 0.29) is 5.52 Å². The number of carbonyl (C=O) groups is 1. The minimum absolute atomic E-state index is 0.203. The molecule has 2 rings (SSSR count). The molecule has 0 aliphatic rings. The van der Waals surface area contributed by atoms with Gasteiger partial charge in [-0.2, -0.15) is 0 Å². The third-order valence-electron chi connectivity index (χ3n) is 5.53. The zero-order valence-electron chi connectivity index (χ0n) is 19.2. The quantitative estimate of drug-likeness (QED) is 0.424. The van der Waals surface area contributed by atoms with Gasteiger partial charge in [0.25, 0.3) is 0 Å². The van der Waals surface area contributed by atoms with Crippen LogP contribution in [0.15, 0.2) is 30.3 Å². The van der Waals surface area contributed by atoms with Crippen LogP contribution in [-0.4, -0.2) is 5.52 Å². The van der Waals surface area contributed by atoms with Crippen molar-refractivity contribution in [3.63, 3.8) is 0 Å². The molecule has 0 radical (unpaired) electrons. The molecule has 2 nitrogen and oxygen atoms in total. The van der Waals surface area contributed by atoms with E-state index >= 15 is 0 Å². The van der Waals surface area contributed by atoms with E-state index in [2.05, 4.69) is 39.8 Å². The number of hydrogen-bond acceptors (Lipinski definition) is 2. The summed E-state index contributed by atoms with van der Waals surface area (Å²) in [5, 5.41) is 0.758. The summed E-state index contributed by atoms with van der Waals surface area (Å²) in [5.74, 6) is 1.23. The van der Waals surface area contributed by atoms with Gasteiger partial charge in [-0.3, -0.25) is 4.79 Å². The summed E-state index contributed by atoms with van der Waals surface area (Å²) >= 11 is 0. The van der Waals surface area contributed by atoms with E-state index in [0.717, 1.165) is 53.2 Å². The molecule has 0 spiro atoms. The molecule has 2 aromatic rings. The first-order chi connectivity index (χ1) is 13.6. The molecule has 0 amide bonds. The molecule has 0 heterocycles. The van der Waals surface area contributed by atoms with Crippen LogP contribution < -0.4 is 5.30 Å². The first-order valence-electron chi connectivity index (χ1n) is 10.9. The molecule has 1 atom stereocenters. The predicted molar refractivity (Wildman–Crippen MR) is 126 cm³/mol. The first-order valence-corrected chi connectivity index (χ1v) is 12.3. The summed E-state index contributed by atoms with van der Waals surface area (Å²) in [5.41, 5.74) is 5.78. The Hall–Kier alpha value is -1.66. The van der Waals surface area contributed by atoms with Gasteiger partial charge in [0.15, 0.2) is 7.80 Å². The van der Waals surface area contributed by atoms with Crippen LogP contribution in [0.2, 0.25) is 0 Å². The second kappa shape index (κ2) is 10.4. The van der Waals surface area contributed by atoms with Gasteiger partial charge in [-0.25, -0.2) is 0 Å². The Bertz CT molecular complexity index is 871. The van der Waals surface area contributed by atoms with E-state index in [9.17, 15) is 9.36 Å². The Labute approximate surface area is 177 Å². The van der Waals surface area contributed by atoms with E-state index in [0.29, 0.717) is 17.4 Å². The fourth-order valence-corrected chi connectivity index (χ4v) is 5.49. The molecular formula is C26H37O2P. The van der Waals surface area contributed by atoms with E-state index < -0.39 is 7.80 Å². The van der Waals surface area contributed by atoms with Crippen LogP contribution in [0.25, 0.3) is 0 Å². The molecule has 0 saturated heterocycles. The van der Waals surface area contributed by atoms with Crippen molar-refractivity contribution in [2.45, 2.75) is 74.1 Å². The molecule has 158 valence electrons. The lowest BCUT2D eigenvalue weighted by molar-refractivity contribution is 0.107. The highest BCUT2D eigenvalue weighted by Gasteiger charge is 2.23. The molecule has 0 aliphatic heterocycles. The largest absolute Gasteiger partial charge is 0.313 e. The smallest absolute Gasteiger partial charge is 0.223 e. The average Bonchev–Trinajstić information content (AvgIpc) is 2.63. The Kier molecular flexibility index (Phi) is 8.46. The fraction of sp³-hybridized carbons (Fsp3) is 0.500. The lowest BCUT2D eigenvalue weighted by atomic mass is 9.97. The molecule has 0 aliphatic carbocycles. The maximum absolute atomic E-state index is 13.4. The third kappa shape index (κ3) is 6.41. The highest BCUT2D eigenvalue weighted by molar-refractivity contribution is 7.71. The molecule has 0 aromatic heterocycles. The summed E-state index contributed by atoms with van der Waals surface area (Å²) in [4.78, 5) is 13.2. The topological polar surface area (TPSA) is 34.1 Å². The Balaban J connectivity index is 2.40. The van der Waals surface area contributed by atoms with Crippen molar-refractivity contribution in [2.75, 3.05) is 0 Å². The maximum atomic E-state index is 13.4. The van der Waals surface area contributed by atoms with Gasteiger partial charge in [0, 0.05) is 10.9 Å². The lowest BCUT2D eigenvalue weighted by Crippen LogP contribution is -2.13. The number of benzene rings is 2. The molecule has 3 heteroatoms. The number of aryl methyl sites for hydroxylation is 5. The van der Waals surface area contributed by atoms with Gasteiger partial charge in [-0.15, -0.1) is 0 Å². The number of hydrogen-bond donors (Lipinski definition) is 0. The fourth-order valence-electron chi connectivity index (χ4n) is 3.90. The van der Waals surface area contributed by atoms with Crippen molar-refractivity contribution in [2.24, 2.45) is 11.8 Å². The van der Waals surface area contributed by atoms with Crippen molar-refractivity contribution >= 4 is 18.6 Å². The van der Waals surface area contributed by atoms with Gasteiger partial charge < -0.3 is 4.57 Å². The Morgan fingerprint density at radius 1 is 0.862 bits per heavy atom. The highest BCUT2D eigenvalue weighted by Crippen LogP contribution is 2.32. The van der Waals surface area contributed by atoms with Gasteiger partial charge in [0.2, 0.25) is 5.52 Å². The SMILES string of the molecule is Cc1cc(C)c(C(=O)[PH](=O)c2ccc(CCC(C)C)cc2CCC(C)C)c(C)c1. The van der Waals surface area contributed by atoms with Gasteiger partial charge in [-0.1, -0.05) is 63.6 Å². The molecule has 0 fully saturated rings. The van der Waals surface area contributed by atoms with Crippen molar-refractivity contribution < 1.29 is 9.36 Å². The second-order valence-electron chi connectivity index (χ2n) is 9.29. The van der Waals surface area contributed by atoms with Gasteiger partial charge in [0.05, 0.1) is 0 Å². The summed E-state index contributed by atoms with van der Waals surface area (Å²) < 4.78 is 13.4. The zero-order chi connectivity index (χ0) is 21.7. The van der Waals surface area contributed by atoms with Crippen LogP contribution in [0.1, 0.15) is 78.7 Å². The highest BCUT2D eigenvalue weighted by atomic mass is 31.1. The predicted octanol–water partition coefficient (Wildman–Crippen LogP) is 6.81. The van der Waals surface area contributed by atoms with Gasteiger partial charge in [0.1, 0.15) is 0 Å². The standard InChI is InChI=1S/C26H37O2P/c1-17(2)8-10-22-11-13-24(23(16-22)12-9-18(3)4)29(28)26(27)25-20(6)14-19(5)15-21(25)7/h11,13-18,29H,8-10,12H2,1-7H3. The minimum atomic E-state index is -2.57. The molecule has 0 N–H and O–H groups in total. The Morgan fingerprint density at radius 3 is 1.97 bits per heavy atom. The maximum Gasteiger partial charge on any atom is 0.223 e. The van der Waals surface area contributed by atoms with Crippen LogP contribution in [-0.2, 0) is 17.4 Å². The molecule has 29 heavy (non-hydrogen) atoms. The van der Waals surface area contributed by atoms with Crippen molar-refractivity contribution in [1.29, 1.82) is 0 Å². The number of rotatable bonds is 9. The monoisotopic (exact) mass is 412 g/mol. The average molecular weight is 413 g/mol. The lowest BCUT2D eigenvalue weighted by Gasteiger charge is -2.15. The van der Waals surface area contributed by atoms with Crippen LogP contribution >= 0.6 is 7.80 Å². The number of carbonyl (C=O) groups excluding carboxylic acids is 1. The zero-order valence-corrected chi connectivity index (χ0v) is 20.2. The molecule has 0 saturated carbocycles. The summed E-state index contributed by atoms with van der Waals surface area (Å²) in [6.45, 7) is 14.8. The van der Waals surface area contributed by atoms with Gasteiger partial charge >= 0.3 is 0 Å². The molecule has 2 aromatic carbocycles. The molecule has 0 bridgehead atoms. The van der Waals surface area contributed by atoms with Crippen LogP contribution in [0, 0.1) is 32.6 Å². The normalized spacial score (nSPS) is 12.6. The minimum Gasteiger partial charge on any atom is -0.313 e. The molecular weight excluding hydrogens is 375 g/mol. The van der Waals surface area contributed by atoms with Crippen molar-refractivity contribution in [3.05, 3.63) is 63.7 Å². The van der Waals surface area contributed by atoms with E-state index in [1.165, 1.54) is 5.56 Å². The summed E-state index contributed by atoms with van der Waals surface area (Å²) in [6.07, 6.45) is 4.07. The van der Waals surface area contributed by atoms with E-state index in [1.54, 1.807) is 0 Å². The van der Waals surface area contributed by atoms with Crippen molar-refractivity contribution in [1.82, 2.24) is 0 Å². The van der Waals surface area contributed by atoms with Crippen LogP contribution in [0.4, 0.5) is 0 Å². The van der Waals surface area contributed by atoms with Crippen molar-refractivity contribution in [3.8, 4) is 0 Å². The van der Waals surface area contributed by atoms with E-state index in [4.69, 9.17) is 0 Å². The third-order valence-corrected chi connectivity index (χ3v) is 7.17. The first kappa shape index (κ1) is 23.6. The van der Waals surface area contributed by atoms with Crippen LogP contribution in [0.3, 0.4) is 0 Å². The summed E-state index contributed by atoms with van der Waals surface area (Å²) in [7, 11) is -2.57. The van der Waals surface area contributed by atoms with Gasteiger partial charge in [-0.05, 0) is 80.5 Å². The Morgan fingerprint density at radius 2 is 1.41 bits per heavy atom. The summed E-state index contributed by atoms with van der Waals surface area (Å²) in [6, 6.07) is 10.2. The van der Waals surface area contributed by atoms with Crippen LogP contribution in [0.5, 0.6) is 0 Å². The molecule has 1 unspecified atom stereocenters. The second-order valence-corrected chi connectivity index (χ2v) is 10.9.